The number of aryl methyl sites for hydroxylation is 2. The first-order chi connectivity index (χ1) is 22.4. The average Bonchev–Trinajstić information content (AvgIpc) is 3.77. The number of carbonyl (C=O) groups excluding carboxylic acids is 4. The summed E-state index contributed by atoms with van der Waals surface area (Å²) in [5, 5.41) is 0. The number of rotatable bonds is 3. The number of likely N-dealkylation sites (tertiary alicyclic amines) is 2. The van der Waals surface area contributed by atoms with Gasteiger partial charge < -0.3 is 24.2 Å². The number of amides is 2. The Hall–Kier alpha value is -3.95. The van der Waals surface area contributed by atoms with Crippen molar-refractivity contribution in [1.82, 2.24) is 9.80 Å². The lowest BCUT2D eigenvalue weighted by molar-refractivity contribution is 0.0164. The van der Waals surface area contributed by atoms with Crippen molar-refractivity contribution in [1.29, 1.82) is 0 Å². The fraction of sp³-hybridized carbons (Fsp3) is 0.579. The molecule has 6 rings (SSSR count). The maximum Gasteiger partial charge on any atom is 0.410 e. The zero-order valence-electron chi connectivity index (χ0n) is 29.9. The van der Waals surface area contributed by atoms with Crippen LogP contribution in [-0.2, 0) is 9.47 Å². The molecule has 3 saturated heterocycles. The van der Waals surface area contributed by atoms with E-state index in [9.17, 15) is 23.6 Å². The van der Waals surface area contributed by atoms with Gasteiger partial charge in [-0.1, -0.05) is 19.1 Å². The zero-order valence-corrected chi connectivity index (χ0v) is 29.9. The van der Waals surface area contributed by atoms with E-state index in [1.54, 1.807) is 13.0 Å². The molecule has 2 aromatic carbocycles. The Morgan fingerprint density at radius 3 is 1.71 bits per heavy atom. The van der Waals surface area contributed by atoms with Crippen LogP contribution in [0.3, 0.4) is 0 Å². The maximum absolute atomic E-state index is 12.6. The summed E-state index contributed by atoms with van der Waals surface area (Å²) in [6.07, 6.45) is 4.34. The summed E-state index contributed by atoms with van der Waals surface area (Å²) < 4.78 is 23.5. The van der Waals surface area contributed by atoms with Crippen LogP contribution < -0.4 is 4.90 Å². The number of ether oxygens (including phenoxy) is 2. The van der Waals surface area contributed by atoms with Gasteiger partial charge in [0.2, 0.25) is 0 Å². The van der Waals surface area contributed by atoms with Crippen LogP contribution in [0.15, 0.2) is 36.4 Å². The normalized spacial score (nSPS) is 24.0. The molecule has 0 spiro atoms. The lowest BCUT2D eigenvalue weighted by Crippen LogP contribution is -2.50. The lowest BCUT2D eigenvalue weighted by Gasteiger charge is -2.36. The zero-order chi connectivity index (χ0) is 35.6. The van der Waals surface area contributed by atoms with Crippen molar-refractivity contribution < 1.29 is 33.0 Å². The molecule has 2 amide bonds. The van der Waals surface area contributed by atoms with E-state index in [-0.39, 0.29) is 35.4 Å². The highest BCUT2D eigenvalue weighted by atomic mass is 19.1. The number of fused-ring (bicyclic) bond motifs is 4. The summed E-state index contributed by atoms with van der Waals surface area (Å²) >= 11 is 0. The van der Waals surface area contributed by atoms with Crippen molar-refractivity contribution in [2.45, 2.75) is 111 Å². The highest BCUT2D eigenvalue weighted by Gasteiger charge is 2.47. The van der Waals surface area contributed by atoms with Crippen LogP contribution in [0.2, 0.25) is 0 Å². The molecular formula is C38H52FN3O6. The van der Waals surface area contributed by atoms with E-state index in [1.165, 1.54) is 18.6 Å². The van der Waals surface area contributed by atoms with E-state index in [0.29, 0.717) is 30.4 Å². The minimum Gasteiger partial charge on any atom is -0.444 e. The van der Waals surface area contributed by atoms with Crippen molar-refractivity contribution in [3.8, 4) is 0 Å². The smallest absolute Gasteiger partial charge is 0.410 e. The summed E-state index contributed by atoms with van der Waals surface area (Å²) in [6.45, 7) is 19.8. The summed E-state index contributed by atoms with van der Waals surface area (Å²) in [5.41, 5.74) is 2.93. The number of piperazine rings is 1. The maximum atomic E-state index is 12.6. The quantitative estimate of drug-likeness (QED) is 0.312. The van der Waals surface area contributed by atoms with Crippen LogP contribution in [0, 0.1) is 31.5 Å². The van der Waals surface area contributed by atoms with Crippen molar-refractivity contribution in [2.75, 3.05) is 24.5 Å². The number of hydrogen-bond acceptors (Lipinski definition) is 7. The Bertz CT molecular complexity index is 1500. The van der Waals surface area contributed by atoms with E-state index >= 15 is 0 Å². The number of carbonyl (C=O) groups is 4. The topological polar surface area (TPSA) is 96.5 Å². The Morgan fingerprint density at radius 1 is 0.729 bits per heavy atom. The van der Waals surface area contributed by atoms with Crippen molar-refractivity contribution in [3.63, 3.8) is 0 Å². The van der Waals surface area contributed by atoms with Gasteiger partial charge in [0.25, 0.3) is 0 Å². The fourth-order valence-electron chi connectivity index (χ4n) is 6.99. The molecular weight excluding hydrogens is 613 g/mol. The monoisotopic (exact) mass is 665 g/mol. The largest absolute Gasteiger partial charge is 0.444 e. The van der Waals surface area contributed by atoms with Crippen molar-refractivity contribution in [2.24, 2.45) is 11.8 Å². The Balaban J connectivity index is 0.000000178. The molecule has 3 heterocycles. The molecule has 2 aromatic rings. The molecule has 1 saturated carbocycles. The van der Waals surface area contributed by atoms with E-state index in [4.69, 9.17) is 9.47 Å². The fourth-order valence-corrected chi connectivity index (χ4v) is 6.99. The third-order valence-electron chi connectivity index (χ3n) is 9.30. The molecule has 10 heteroatoms. The molecule has 5 unspecified atom stereocenters. The van der Waals surface area contributed by atoms with Gasteiger partial charge in [-0.15, -0.1) is 0 Å². The van der Waals surface area contributed by atoms with Crippen LogP contribution in [0.4, 0.5) is 19.7 Å². The van der Waals surface area contributed by atoms with Gasteiger partial charge in [0, 0.05) is 43.0 Å². The van der Waals surface area contributed by atoms with E-state index in [1.807, 2.05) is 70.4 Å². The molecule has 0 aromatic heterocycles. The molecule has 48 heavy (non-hydrogen) atoms. The molecule has 9 nitrogen and oxygen atoms in total. The minimum absolute atomic E-state index is 0.116. The number of halogens is 1. The Labute approximate surface area is 284 Å². The molecule has 0 radical (unpaired) electrons. The van der Waals surface area contributed by atoms with E-state index in [2.05, 4.69) is 17.9 Å². The van der Waals surface area contributed by atoms with Crippen molar-refractivity contribution >= 4 is 30.4 Å². The number of aldehydes is 2. The molecule has 1 aliphatic carbocycles. The van der Waals surface area contributed by atoms with Gasteiger partial charge in [0.05, 0.1) is 11.6 Å². The van der Waals surface area contributed by atoms with Crippen LogP contribution in [-0.4, -0.2) is 83.5 Å². The van der Waals surface area contributed by atoms with E-state index < -0.39 is 11.4 Å². The number of piperidine rings is 1. The number of anilines is 1. The van der Waals surface area contributed by atoms with Crippen LogP contribution in [0.25, 0.3) is 0 Å². The first-order valence-corrected chi connectivity index (χ1v) is 16.9. The Morgan fingerprint density at radius 2 is 1.27 bits per heavy atom. The number of hydrogen-bond donors (Lipinski definition) is 0. The van der Waals surface area contributed by atoms with E-state index in [0.717, 1.165) is 54.9 Å². The second-order valence-corrected chi connectivity index (χ2v) is 15.6. The predicted molar refractivity (Wildman–Crippen MR) is 184 cm³/mol. The first kappa shape index (κ1) is 36.9. The molecule has 3 aliphatic heterocycles. The van der Waals surface area contributed by atoms with Crippen LogP contribution >= 0.6 is 0 Å². The van der Waals surface area contributed by atoms with Gasteiger partial charge in [-0.05, 0) is 122 Å². The second kappa shape index (κ2) is 14.7. The predicted octanol–water partition coefficient (Wildman–Crippen LogP) is 7.60. The van der Waals surface area contributed by atoms with Gasteiger partial charge >= 0.3 is 12.2 Å². The lowest BCUT2D eigenvalue weighted by atomic mass is 9.97. The SMILES string of the molecule is CC1CC2CC1CN2C(=O)OC(C)(C)C.Cc1ccc(C=O)c(F)c1.Cc1ccc(C=O)c(N2CC3CC2CN3C(=O)OC(C)(C)C)c1. The highest BCUT2D eigenvalue weighted by Crippen LogP contribution is 2.42. The molecule has 5 atom stereocenters. The summed E-state index contributed by atoms with van der Waals surface area (Å²) in [4.78, 5) is 51.6. The summed E-state index contributed by atoms with van der Waals surface area (Å²) in [5.74, 6) is 1.05. The average molecular weight is 666 g/mol. The van der Waals surface area contributed by atoms with Gasteiger partial charge in [0.1, 0.15) is 17.0 Å². The third-order valence-corrected chi connectivity index (χ3v) is 9.30. The Kier molecular flexibility index (Phi) is 11.3. The molecule has 4 fully saturated rings. The highest BCUT2D eigenvalue weighted by molar-refractivity contribution is 5.85. The third kappa shape index (κ3) is 9.14. The summed E-state index contributed by atoms with van der Waals surface area (Å²) in [6, 6.07) is 11.3. The number of benzene rings is 2. The van der Waals surface area contributed by atoms with Crippen LogP contribution in [0.1, 0.15) is 99.6 Å². The van der Waals surface area contributed by atoms with Gasteiger partial charge in [-0.2, -0.15) is 0 Å². The first-order valence-electron chi connectivity index (χ1n) is 16.9. The minimum atomic E-state index is -0.472. The molecule has 0 N–H and O–H groups in total. The standard InChI is InChI=1S/C18H24N2O3.C12H21NO2.C8H7FO/c1-12-5-6-13(11-21)16(7-12)19-9-15-8-14(19)10-20(15)17(22)23-18(2,3)4;1-8-5-10-6-9(8)7-13(10)11(14)15-12(2,3)4;1-6-2-3-7(5-10)8(9)4-6/h5-7,11,14-15H,8-10H2,1-4H3;8-10H,5-7H2,1-4H3;2-5H,1H3. The molecule has 4 bridgehead atoms. The van der Waals surface area contributed by atoms with Gasteiger partial charge in [0.15, 0.2) is 12.6 Å². The second-order valence-electron chi connectivity index (χ2n) is 15.6. The molecule has 262 valence electrons. The van der Waals surface area contributed by atoms with Gasteiger partial charge in [-0.25, -0.2) is 14.0 Å². The molecule has 4 aliphatic rings. The van der Waals surface area contributed by atoms with Crippen LogP contribution in [0.5, 0.6) is 0 Å². The van der Waals surface area contributed by atoms with Crippen molar-refractivity contribution in [3.05, 3.63) is 64.5 Å². The number of nitrogens with zero attached hydrogens (tertiary/aromatic N) is 3. The summed E-state index contributed by atoms with van der Waals surface area (Å²) in [7, 11) is 0. The van der Waals surface area contributed by atoms with Gasteiger partial charge in [-0.3, -0.25) is 9.59 Å².